The van der Waals surface area contributed by atoms with E-state index in [0.717, 1.165) is 27.9 Å². The lowest BCUT2D eigenvalue weighted by Crippen LogP contribution is -1.92. The number of phenols is 1. The molecule has 2 rings (SSSR count). The van der Waals surface area contributed by atoms with E-state index < -0.39 is 0 Å². The molecule has 1 aromatic heterocycles. The highest BCUT2D eigenvalue weighted by atomic mass is 16.3. The lowest BCUT2D eigenvalue weighted by atomic mass is 10.1. The van der Waals surface area contributed by atoms with E-state index in [2.05, 4.69) is 9.97 Å². The molecule has 1 aromatic carbocycles. The standard InChI is InChI=1S/C11H12N2O/c1-6-4-7(2)11(14)9-5-12-8(3)13-10(6)9/h4-5,14H,1-3H3. The van der Waals surface area contributed by atoms with Crippen LogP contribution in [-0.2, 0) is 0 Å². The van der Waals surface area contributed by atoms with Gasteiger partial charge in [-0.3, -0.25) is 0 Å². The van der Waals surface area contributed by atoms with E-state index >= 15 is 0 Å². The van der Waals surface area contributed by atoms with Crippen molar-refractivity contribution in [3.63, 3.8) is 0 Å². The highest BCUT2D eigenvalue weighted by Gasteiger charge is 2.07. The van der Waals surface area contributed by atoms with Crippen LogP contribution in [0.3, 0.4) is 0 Å². The van der Waals surface area contributed by atoms with Crippen molar-refractivity contribution in [1.82, 2.24) is 9.97 Å². The van der Waals surface area contributed by atoms with Crippen LogP contribution in [0.4, 0.5) is 0 Å². The molecule has 0 saturated carbocycles. The predicted octanol–water partition coefficient (Wildman–Crippen LogP) is 2.26. The first-order chi connectivity index (χ1) is 6.59. The third kappa shape index (κ3) is 1.21. The number of phenolic OH excluding ortho intramolecular Hbond substituents is 1. The van der Waals surface area contributed by atoms with Crippen LogP contribution in [0.25, 0.3) is 10.9 Å². The monoisotopic (exact) mass is 188 g/mol. The van der Waals surface area contributed by atoms with Gasteiger partial charge in [0.05, 0.1) is 10.9 Å². The fourth-order valence-corrected chi connectivity index (χ4v) is 1.62. The van der Waals surface area contributed by atoms with Crippen molar-refractivity contribution < 1.29 is 5.11 Å². The molecule has 1 N–H and O–H groups in total. The summed E-state index contributed by atoms with van der Waals surface area (Å²) in [6.07, 6.45) is 1.67. The molecule has 3 heteroatoms. The van der Waals surface area contributed by atoms with Gasteiger partial charge < -0.3 is 5.11 Å². The summed E-state index contributed by atoms with van der Waals surface area (Å²) in [6, 6.07) is 1.93. The second kappa shape index (κ2) is 2.94. The van der Waals surface area contributed by atoms with Crippen LogP contribution in [0.2, 0.25) is 0 Å². The molecule has 1 heterocycles. The van der Waals surface area contributed by atoms with Crippen LogP contribution < -0.4 is 0 Å². The molecule has 0 atom stereocenters. The van der Waals surface area contributed by atoms with Gasteiger partial charge in [0.2, 0.25) is 0 Å². The SMILES string of the molecule is Cc1ncc2c(O)c(C)cc(C)c2n1. The van der Waals surface area contributed by atoms with Gasteiger partial charge in [-0.2, -0.15) is 0 Å². The van der Waals surface area contributed by atoms with Gasteiger partial charge in [-0.25, -0.2) is 9.97 Å². The Balaban J connectivity index is 2.94. The summed E-state index contributed by atoms with van der Waals surface area (Å²) in [5, 5.41) is 10.5. The first-order valence-corrected chi connectivity index (χ1v) is 4.52. The third-order valence-corrected chi connectivity index (χ3v) is 2.34. The average Bonchev–Trinajstić information content (AvgIpc) is 2.14. The Morgan fingerprint density at radius 1 is 1.14 bits per heavy atom. The van der Waals surface area contributed by atoms with E-state index in [-0.39, 0.29) is 5.75 Å². The largest absolute Gasteiger partial charge is 0.507 e. The van der Waals surface area contributed by atoms with Crippen LogP contribution >= 0.6 is 0 Å². The number of aromatic nitrogens is 2. The number of rotatable bonds is 0. The van der Waals surface area contributed by atoms with Gasteiger partial charge in [0.15, 0.2) is 0 Å². The molecule has 0 fully saturated rings. The quantitative estimate of drug-likeness (QED) is 0.689. The van der Waals surface area contributed by atoms with Crippen molar-refractivity contribution in [3.05, 3.63) is 29.2 Å². The molecule has 14 heavy (non-hydrogen) atoms. The molecule has 72 valence electrons. The van der Waals surface area contributed by atoms with Crippen LogP contribution in [0.15, 0.2) is 12.3 Å². The summed E-state index contributed by atoms with van der Waals surface area (Å²) in [7, 11) is 0. The van der Waals surface area contributed by atoms with Gasteiger partial charge >= 0.3 is 0 Å². The molecule has 0 aliphatic carbocycles. The normalized spacial score (nSPS) is 10.8. The van der Waals surface area contributed by atoms with E-state index in [1.54, 1.807) is 6.20 Å². The number of hydrogen-bond acceptors (Lipinski definition) is 3. The minimum absolute atomic E-state index is 0.283. The van der Waals surface area contributed by atoms with Crippen molar-refractivity contribution in [3.8, 4) is 5.75 Å². The predicted molar refractivity (Wildman–Crippen MR) is 55.4 cm³/mol. The molecule has 0 amide bonds. The topological polar surface area (TPSA) is 46.0 Å². The van der Waals surface area contributed by atoms with Gasteiger partial charge in [-0.1, -0.05) is 6.07 Å². The second-order valence-electron chi connectivity index (χ2n) is 3.54. The maximum Gasteiger partial charge on any atom is 0.129 e. The first kappa shape index (κ1) is 8.94. The zero-order chi connectivity index (χ0) is 10.3. The molecule has 0 unspecified atom stereocenters. The van der Waals surface area contributed by atoms with Gasteiger partial charge in [0, 0.05) is 6.20 Å². The number of nitrogens with zero attached hydrogens (tertiary/aromatic N) is 2. The van der Waals surface area contributed by atoms with Gasteiger partial charge in [-0.15, -0.1) is 0 Å². The van der Waals surface area contributed by atoms with Gasteiger partial charge in [0.1, 0.15) is 11.6 Å². The zero-order valence-electron chi connectivity index (χ0n) is 8.50. The molecule has 3 nitrogen and oxygen atoms in total. The molecule has 0 spiro atoms. The number of aryl methyl sites for hydroxylation is 3. The second-order valence-corrected chi connectivity index (χ2v) is 3.54. The van der Waals surface area contributed by atoms with Crippen molar-refractivity contribution in [2.75, 3.05) is 0 Å². The molecule has 0 bridgehead atoms. The molecule has 0 radical (unpaired) electrons. The summed E-state index contributed by atoms with van der Waals surface area (Å²) in [5.41, 5.74) is 2.77. The smallest absolute Gasteiger partial charge is 0.129 e. The highest BCUT2D eigenvalue weighted by molar-refractivity contribution is 5.88. The number of aromatic hydroxyl groups is 1. The van der Waals surface area contributed by atoms with Crippen LogP contribution in [-0.4, -0.2) is 15.1 Å². The summed E-state index contributed by atoms with van der Waals surface area (Å²) in [4.78, 5) is 8.39. The Morgan fingerprint density at radius 2 is 1.86 bits per heavy atom. The molecule has 0 aliphatic rings. The van der Waals surface area contributed by atoms with E-state index in [0.29, 0.717) is 0 Å². The van der Waals surface area contributed by atoms with Gasteiger partial charge in [-0.05, 0) is 31.9 Å². The Labute approximate surface area is 82.4 Å². The molecule has 0 aliphatic heterocycles. The van der Waals surface area contributed by atoms with Crippen molar-refractivity contribution in [2.45, 2.75) is 20.8 Å². The van der Waals surface area contributed by atoms with Gasteiger partial charge in [0.25, 0.3) is 0 Å². The zero-order valence-corrected chi connectivity index (χ0v) is 8.50. The molecule has 2 aromatic rings. The maximum absolute atomic E-state index is 9.79. The third-order valence-electron chi connectivity index (χ3n) is 2.34. The maximum atomic E-state index is 9.79. The van der Waals surface area contributed by atoms with E-state index in [1.807, 2.05) is 26.8 Å². The minimum atomic E-state index is 0.283. The summed E-state index contributed by atoms with van der Waals surface area (Å²) < 4.78 is 0. The number of hydrogen-bond donors (Lipinski definition) is 1. The Bertz CT molecular complexity index is 506. The molecular formula is C11H12N2O. The lowest BCUT2D eigenvalue weighted by Gasteiger charge is -2.06. The Kier molecular flexibility index (Phi) is 1.88. The summed E-state index contributed by atoms with van der Waals surface area (Å²) in [5.74, 6) is 1.01. The summed E-state index contributed by atoms with van der Waals surface area (Å²) in [6.45, 7) is 5.71. The molecular weight excluding hydrogens is 176 g/mol. The lowest BCUT2D eigenvalue weighted by molar-refractivity contribution is 0.477. The fourth-order valence-electron chi connectivity index (χ4n) is 1.62. The minimum Gasteiger partial charge on any atom is -0.507 e. The average molecular weight is 188 g/mol. The van der Waals surface area contributed by atoms with E-state index in [1.165, 1.54) is 0 Å². The van der Waals surface area contributed by atoms with Crippen molar-refractivity contribution in [1.29, 1.82) is 0 Å². The van der Waals surface area contributed by atoms with E-state index in [4.69, 9.17) is 0 Å². The highest BCUT2D eigenvalue weighted by Crippen LogP contribution is 2.28. The van der Waals surface area contributed by atoms with E-state index in [9.17, 15) is 5.11 Å². The van der Waals surface area contributed by atoms with Crippen LogP contribution in [0.5, 0.6) is 5.75 Å². The fraction of sp³-hybridized carbons (Fsp3) is 0.273. The number of benzene rings is 1. The van der Waals surface area contributed by atoms with Crippen molar-refractivity contribution >= 4 is 10.9 Å². The first-order valence-electron chi connectivity index (χ1n) is 4.52. The number of fused-ring (bicyclic) bond motifs is 1. The van der Waals surface area contributed by atoms with Crippen LogP contribution in [0, 0.1) is 20.8 Å². The van der Waals surface area contributed by atoms with Crippen molar-refractivity contribution in [2.24, 2.45) is 0 Å². The molecule has 0 saturated heterocycles. The van der Waals surface area contributed by atoms with Crippen LogP contribution in [0.1, 0.15) is 17.0 Å². The summed E-state index contributed by atoms with van der Waals surface area (Å²) >= 11 is 0. The Morgan fingerprint density at radius 3 is 2.57 bits per heavy atom. The Hall–Kier alpha value is -1.64.